The molecule has 0 saturated heterocycles. The molecule has 126 valence electrons. The van der Waals surface area contributed by atoms with Crippen molar-refractivity contribution in [1.82, 2.24) is 0 Å². The number of benzene rings is 2. The lowest BCUT2D eigenvalue weighted by molar-refractivity contribution is 0.218. The van der Waals surface area contributed by atoms with Gasteiger partial charge in [-0.05, 0) is 28.2 Å². The summed E-state index contributed by atoms with van der Waals surface area (Å²) >= 11 is 0. The van der Waals surface area contributed by atoms with Gasteiger partial charge in [0.1, 0.15) is 0 Å². The van der Waals surface area contributed by atoms with Gasteiger partial charge in [0.2, 0.25) is 0 Å². The lowest BCUT2D eigenvalue weighted by Gasteiger charge is -2.44. The van der Waals surface area contributed by atoms with E-state index in [-0.39, 0.29) is 10.8 Å². The minimum atomic E-state index is -0.224. The molecule has 0 fully saturated rings. The number of ether oxygens (including phenoxy) is 1. The van der Waals surface area contributed by atoms with Gasteiger partial charge in [0.15, 0.2) is 0 Å². The minimum Gasteiger partial charge on any atom is -0.500 e. The first kappa shape index (κ1) is 16.0. The van der Waals surface area contributed by atoms with Crippen LogP contribution in [0.3, 0.4) is 0 Å². The zero-order valence-corrected chi connectivity index (χ0v) is 14.9. The molecule has 0 radical (unpaired) electrons. The minimum absolute atomic E-state index is 0.0755. The molecule has 0 saturated carbocycles. The smallest absolute Gasteiger partial charge is 0.0976 e. The Morgan fingerprint density at radius 3 is 2.08 bits per heavy atom. The van der Waals surface area contributed by atoms with E-state index in [0.29, 0.717) is 12.5 Å². The summed E-state index contributed by atoms with van der Waals surface area (Å²) in [6.07, 6.45) is 11.1. The molecule has 2 aliphatic rings. The van der Waals surface area contributed by atoms with Crippen LogP contribution in [0, 0.1) is 11.3 Å². The van der Waals surface area contributed by atoms with Gasteiger partial charge < -0.3 is 4.74 Å². The van der Waals surface area contributed by atoms with E-state index in [1.54, 1.807) is 0 Å². The predicted molar refractivity (Wildman–Crippen MR) is 103 cm³/mol. The standard InChI is InChI=1S/C24H24O/c1-23(2)15-13-20-18-25-16-14-19(20)17-24(23,21-9-5-3-6-10-21)22-11-7-4-8-12-22/h3-17,20H,18H2,1-2H3. The van der Waals surface area contributed by atoms with Gasteiger partial charge in [0.25, 0.3) is 0 Å². The van der Waals surface area contributed by atoms with E-state index >= 15 is 0 Å². The molecule has 25 heavy (non-hydrogen) atoms. The van der Waals surface area contributed by atoms with Gasteiger partial charge in [-0.25, -0.2) is 0 Å². The zero-order chi connectivity index (χ0) is 17.3. The normalized spacial score (nSPS) is 23.1. The van der Waals surface area contributed by atoms with Crippen LogP contribution in [-0.4, -0.2) is 6.61 Å². The van der Waals surface area contributed by atoms with Crippen LogP contribution in [0.25, 0.3) is 0 Å². The van der Waals surface area contributed by atoms with Crippen LogP contribution in [-0.2, 0) is 10.2 Å². The van der Waals surface area contributed by atoms with Crippen molar-refractivity contribution in [3.63, 3.8) is 0 Å². The first-order valence-electron chi connectivity index (χ1n) is 8.95. The molecule has 1 unspecified atom stereocenters. The molecule has 0 spiro atoms. The van der Waals surface area contributed by atoms with E-state index in [1.807, 2.05) is 6.26 Å². The SMILES string of the molecule is CC1(C)C=CC2COC=CC2=CC1(c1ccccc1)c1ccccc1. The van der Waals surface area contributed by atoms with Crippen LogP contribution in [0.4, 0.5) is 0 Å². The second-order valence-corrected chi connectivity index (χ2v) is 7.51. The van der Waals surface area contributed by atoms with Crippen LogP contribution in [0.15, 0.2) is 96.8 Å². The molecule has 1 nitrogen and oxygen atoms in total. The zero-order valence-electron chi connectivity index (χ0n) is 14.9. The van der Waals surface area contributed by atoms with Gasteiger partial charge >= 0.3 is 0 Å². The molecular weight excluding hydrogens is 304 g/mol. The summed E-state index contributed by atoms with van der Waals surface area (Å²) in [6.45, 7) is 5.39. The van der Waals surface area contributed by atoms with Gasteiger partial charge in [-0.2, -0.15) is 0 Å². The van der Waals surface area contributed by atoms with Crippen molar-refractivity contribution in [2.75, 3.05) is 6.61 Å². The second-order valence-electron chi connectivity index (χ2n) is 7.51. The van der Waals surface area contributed by atoms with E-state index < -0.39 is 0 Å². The largest absolute Gasteiger partial charge is 0.500 e. The molecule has 0 amide bonds. The van der Waals surface area contributed by atoms with Gasteiger partial charge in [0.05, 0.1) is 12.9 Å². The highest BCUT2D eigenvalue weighted by Gasteiger charge is 2.46. The van der Waals surface area contributed by atoms with Crippen molar-refractivity contribution >= 4 is 0 Å². The van der Waals surface area contributed by atoms with Crippen LogP contribution in [0.1, 0.15) is 25.0 Å². The summed E-state index contributed by atoms with van der Waals surface area (Å²) in [6, 6.07) is 21.7. The number of allylic oxidation sites excluding steroid dienone is 3. The summed E-state index contributed by atoms with van der Waals surface area (Å²) in [5.41, 5.74) is 3.68. The average Bonchev–Trinajstić information content (AvgIpc) is 2.78. The van der Waals surface area contributed by atoms with Gasteiger partial charge in [-0.3, -0.25) is 0 Å². The van der Waals surface area contributed by atoms with Crippen molar-refractivity contribution in [3.8, 4) is 0 Å². The fourth-order valence-corrected chi connectivity index (χ4v) is 4.23. The van der Waals surface area contributed by atoms with Gasteiger partial charge in [-0.1, -0.05) is 92.7 Å². The Bertz CT molecular complexity index is 785. The van der Waals surface area contributed by atoms with Crippen LogP contribution < -0.4 is 0 Å². The van der Waals surface area contributed by atoms with E-state index in [2.05, 4.69) is 98.8 Å². The first-order chi connectivity index (χ1) is 12.1. The van der Waals surface area contributed by atoms with Gasteiger partial charge in [-0.15, -0.1) is 0 Å². The third kappa shape index (κ3) is 2.55. The van der Waals surface area contributed by atoms with E-state index in [1.165, 1.54) is 16.7 Å². The van der Waals surface area contributed by atoms with Crippen LogP contribution >= 0.6 is 0 Å². The Balaban J connectivity index is 2.06. The van der Waals surface area contributed by atoms with Crippen molar-refractivity contribution < 1.29 is 4.74 Å². The Kier molecular flexibility index (Phi) is 3.88. The molecule has 2 aromatic carbocycles. The molecule has 0 aromatic heterocycles. The second kappa shape index (κ2) is 6.07. The number of hydrogen-bond acceptors (Lipinski definition) is 1. The highest BCUT2D eigenvalue weighted by atomic mass is 16.5. The summed E-state index contributed by atoms with van der Waals surface area (Å²) in [5.74, 6) is 0.318. The summed E-state index contributed by atoms with van der Waals surface area (Å²) in [5, 5.41) is 0. The van der Waals surface area contributed by atoms with E-state index in [0.717, 1.165) is 0 Å². The third-order valence-corrected chi connectivity index (χ3v) is 5.66. The van der Waals surface area contributed by atoms with Crippen LogP contribution in [0.2, 0.25) is 0 Å². The molecule has 0 bridgehead atoms. The summed E-state index contributed by atoms with van der Waals surface area (Å²) in [7, 11) is 0. The van der Waals surface area contributed by atoms with Crippen molar-refractivity contribution in [1.29, 1.82) is 0 Å². The fraction of sp³-hybridized carbons (Fsp3) is 0.250. The average molecular weight is 328 g/mol. The molecule has 1 aliphatic heterocycles. The number of fused-ring (bicyclic) bond motifs is 1. The molecule has 1 heteroatoms. The summed E-state index contributed by atoms with van der Waals surface area (Å²) in [4.78, 5) is 0. The Labute approximate surface area is 150 Å². The number of hydrogen-bond donors (Lipinski definition) is 0. The monoisotopic (exact) mass is 328 g/mol. The Morgan fingerprint density at radius 2 is 1.48 bits per heavy atom. The lowest BCUT2D eigenvalue weighted by Crippen LogP contribution is -2.40. The number of rotatable bonds is 2. The molecule has 0 N–H and O–H groups in total. The Morgan fingerprint density at radius 1 is 0.880 bits per heavy atom. The lowest BCUT2D eigenvalue weighted by atomic mass is 9.58. The Hall–Kier alpha value is -2.54. The summed E-state index contributed by atoms with van der Waals surface area (Å²) < 4.78 is 5.57. The first-order valence-corrected chi connectivity index (χ1v) is 8.95. The maximum Gasteiger partial charge on any atom is 0.0976 e. The fourth-order valence-electron chi connectivity index (χ4n) is 4.23. The molecule has 2 aromatic rings. The highest BCUT2D eigenvalue weighted by molar-refractivity contribution is 5.52. The van der Waals surface area contributed by atoms with E-state index in [9.17, 15) is 0 Å². The van der Waals surface area contributed by atoms with Crippen molar-refractivity contribution in [3.05, 3.63) is 108 Å². The molecular formula is C24H24O. The molecule has 1 aliphatic carbocycles. The molecule has 1 heterocycles. The predicted octanol–water partition coefficient (Wildman–Crippen LogP) is 5.66. The maximum absolute atomic E-state index is 5.57. The molecule has 1 atom stereocenters. The van der Waals surface area contributed by atoms with Crippen molar-refractivity contribution in [2.45, 2.75) is 19.3 Å². The van der Waals surface area contributed by atoms with Crippen LogP contribution in [0.5, 0.6) is 0 Å². The topological polar surface area (TPSA) is 9.23 Å². The van der Waals surface area contributed by atoms with Gasteiger partial charge in [0, 0.05) is 11.3 Å². The molecule has 4 rings (SSSR count). The van der Waals surface area contributed by atoms with E-state index in [4.69, 9.17) is 4.74 Å². The maximum atomic E-state index is 5.57. The van der Waals surface area contributed by atoms with Crippen molar-refractivity contribution in [2.24, 2.45) is 11.3 Å². The quantitative estimate of drug-likeness (QED) is 0.647. The highest BCUT2D eigenvalue weighted by Crippen LogP contribution is 2.52. The third-order valence-electron chi connectivity index (χ3n) is 5.66.